The Balaban J connectivity index is 1.34. The molecule has 3 heterocycles. The van der Waals surface area contributed by atoms with Gasteiger partial charge in [-0.25, -0.2) is 0 Å². The Morgan fingerprint density at radius 2 is 1.97 bits per heavy atom. The molecule has 0 aromatic heterocycles. The van der Waals surface area contributed by atoms with Gasteiger partial charge in [0, 0.05) is 31.8 Å². The van der Waals surface area contributed by atoms with Gasteiger partial charge in [0.2, 0.25) is 5.91 Å². The molecular formula is C26H35F3N2O2. The van der Waals surface area contributed by atoms with Crippen LogP contribution in [0.1, 0.15) is 62.6 Å². The molecule has 1 aliphatic carbocycles. The van der Waals surface area contributed by atoms with E-state index in [2.05, 4.69) is 18.7 Å². The number of fused-ring (bicyclic) bond motifs is 2. The van der Waals surface area contributed by atoms with E-state index in [1.807, 2.05) is 4.90 Å². The van der Waals surface area contributed by atoms with Crippen molar-refractivity contribution in [1.82, 2.24) is 9.80 Å². The summed E-state index contributed by atoms with van der Waals surface area (Å²) in [5.74, 6) is 0.960. The smallest absolute Gasteiger partial charge is 0.381 e. The van der Waals surface area contributed by atoms with Gasteiger partial charge in [0.1, 0.15) is 0 Å². The highest BCUT2D eigenvalue weighted by Gasteiger charge is 2.52. The van der Waals surface area contributed by atoms with Crippen LogP contribution in [-0.4, -0.2) is 54.1 Å². The summed E-state index contributed by atoms with van der Waals surface area (Å²) in [5, 5.41) is 0. The van der Waals surface area contributed by atoms with Crippen molar-refractivity contribution in [3.63, 3.8) is 0 Å². The first-order valence-electron chi connectivity index (χ1n) is 12.5. The van der Waals surface area contributed by atoms with Gasteiger partial charge >= 0.3 is 6.18 Å². The van der Waals surface area contributed by atoms with Crippen molar-refractivity contribution in [3.05, 3.63) is 34.9 Å². The van der Waals surface area contributed by atoms with Gasteiger partial charge in [-0.15, -0.1) is 0 Å². The maximum absolute atomic E-state index is 14.0. The lowest BCUT2D eigenvalue weighted by Gasteiger charge is -2.41. The minimum atomic E-state index is -4.36. The number of ether oxygens (including phenoxy) is 1. The zero-order valence-electron chi connectivity index (χ0n) is 19.7. The van der Waals surface area contributed by atoms with Crippen molar-refractivity contribution in [2.75, 3.05) is 26.3 Å². The van der Waals surface area contributed by atoms with Crippen LogP contribution in [0.5, 0.6) is 0 Å². The van der Waals surface area contributed by atoms with E-state index in [0.717, 1.165) is 57.1 Å². The topological polar surface area (TPSA) is 32.8 Å². The van der Waals surface area contributed by atoms with Gasteiger partial charge in [0.15, 0.2) is 0 Å². The molecule has 1 aromatic carbocycles. The van der Waals surface area contributed by atoms with Crippen molar-refractivity contribution in [2.24, 2.45) is 17.3 Å². The van der Waals surface area contributed by atoms with Crippen LogP contribution in [0, 0.1) is 17.3 Å². The fraction of sp³-hybridized carbons (Fsp3) is 0.731. The first kappa shape index (κ1) is 23.2. The number of nitrogens with zero attached hydrogens (tertiary/aromatic N) is 2. The molecule has 5 rings (SSSR count). The molecule has 4 atom stereocenters. The largest absolute Gasteiger partial charge is 0.416 e. The highest BCUT2D eigenvalue weighted by molar-refractivity contribution is 5.84. The molecule has 33 heavy (non-hydrogen) atoms. The third kappa shape index (κ3) is 4.09. The van der Waals surface area contributed by atoms with Crippen LogP contribution in [0.2, 0.25) is 0 Å². The van der Waals surface area contributed by atoms with Gasteiger partial charge in [-0.3, -0.25) is 9.69 Å². The van der Waals surface area contributed by atoms with Crippen LogP contribution in [0.25, 0.3) is 0 Å². The number of hydrogen-bond donors (Lipinski definition) is 0. The molecule has 1 saturated carbocycles. The molecule has 0 radical (unpaired) electrons. The lowest BCUT2D eigenvalue weighted by atomic mass is 9.73. The van der Waals surface area contributed by atoms with E-state index >= 15 is 0 Å². The van der Waals surface area contributed by atoms with Crippen molar-refractivity contribution in [2.45, 2.75) is 77.2 Å². The average molecular weight is 465 g/mol. The van der Waals surface area contributed by atoms with Gasteiger partial charge in [0.25, 0.3) is 0 Å². The highest BCUT2D eigenvalue weighted by atomic mass is 19.4. The summed E-state index contributed by atoms with van der Waals surface area (Å²) >= 11 is 0. The Labute approximate surface area is 194 Å². The number of rotatable bonds is 3. The Hall–Kier alpha value is -1.60. The van der Waals surface area contributed by atoms with Gasteiger partial charge in [-0.2, -0.15) is 13.2 Å². The van der Waals surface area contributed by atoms with E-state index < -0.39 is 17.2 Å². The standard InChI is InChI=1S/C26H35F3N2O2/c1-17(2)25(9-5-22(14-25)31-11-7-19-16-33-12-8-23(19)31)24(32)30-10-6-18-3-4-21(26(27,28)29)13-20(18)15-30/h3-4,13,17,19,22-23H,5-12,14-16H2,1-2H3/t19-,22-,23+,25+/m1/s1. The van der Waals surface area contributed by atoms with Crippen LogP contribution in [0.3, 0.4) is 0 Å². The Kier molecular flexibility index (Phi) is 6.01. The van der Waals surface area contributed by atoms with Gasteiger partial charge in [-0.05, 0) is 80.2 Å². The molecule has 1 aromatic rings. The summed E-state index contributed by atoms with van der Waals surface area (Å²) in [7, 11) is 0. The molecule has 3 aliphatic heterocycles. The lowest BCUT2D eigenvalue weighted by molar-refractivity contribution is -0.146. The maximum Gasteiger partial charge on any atom is 0.416 e. The van der Waals surface area contributed by atoms with Crippen LogP contribution in [-0.2, 0) is 28.7 Å². The number of amides is 1. The van der Waals surface area contributed by atoms with E-state index in [9.17, 15) is 18.0 Å². The molecular weight excluding hydrogens is 429 g/mol. The second-order valence-corrected chi connectivity index (χ2v) is 10.9. The average Bonchev–Trinajstić information content (AvgIpc) is 3.42. The summed E-state index contributed by atoms with van der Waals surface area (Å²) in [6.07, 6.45) is 1.26. The number of likely N-dealkylation sites (tertiary alicyclic amines) is 1. The van der Waals surface area contributed by atoms with Crippen molar-refractivity contribution in [3.8, 4) is 0 Å². The molecule has 4 aliphatic rings. The molecule has 7 heteroatoms. The molecule has 4 nitrogen and oxygen atoms in total. The first-order chi connectivity index (χ1) is 15.7. The zero-order chi connectivity index (χ0) is 23.4. The third-order valence-corrected chi connectivity index (χ3v) is 8.97. The number of benzene rings is 1. The van der Waals surface area contributed by atoms with Crippen LogP contribution in [0.15, 0.2) is 18.2 Å². The van der Waals surface area contributed by atoms with Gasteiger partial charge in [0.05, 0.1) is 17.6 Å². The summed E-state index contributed by atoms with van der Waals surface area (Å²) in [6.45, 7) is 7.91. The molecule has 0 bridgehead atoms. The van der Waals surface area contributed by atoms with E-state index in [1.165, 1.54) is 12.5 Å². The summed E-state index contributed by atoms with van der Waals surface area (Å²) in [4.78, 5) is 18.5. The highest BCUT2D eigenvalue weighted by Crippen LogP contribution is 2.50. The Bertz CT molecular complexity index is 902. The van der Waals surface area contributed by atoms with E-state index in [0.29, 0.717) is 36.5 Å². The SMILES string of the molecule is CC(C)[C@]1(C(=O)N2CCc3ccc(C(F)(F)F)cc3C2)CC[C@@H](N2CC[C@@H]3COCC[C@@H]32)C1. The summed E-state index contributed by atoms with van der Waals surface area (Å²) < 4.78 is 45.4. The number of carbonyl (C=O) groups excluding carboxylic acids is 1. The number of halogens is 3. The minimum absolute atomic E-state index is 0.144. The molecule has 0 unspecified atom stereocenters. The number of carbonyl (C=O) groups is 1. The van der Waals surface area contributed by atoms with Crippen LogP contribution >= 0.6 is 0 Å². The lowest BCUT2D eigenvalue weighted by Crippen LogP contribution is -2.49. The molecule has 182 valence electrons. The van der Waals surface area contributed by atoms with E-state index in [-0.39, 0.29) is 18.4 Å². The molecule has 1 amide bonds. The molecule has 3 fully saturated rings. The predicted octanol–water partition coefficient (Wildman–Crippen LogP) is 4.90. The minimum Gasteiger partial charge on any atom is -0.381 e. The quantitative estimate of drug-likeness (QED) is 0.638. The van der Waals surface area contributed by atoms with Crippen LogP contribution in [0.4, 0.5) is 13.2 Å². The maximum atomic E-state index is 14.0. The van der Waals surface area contributed by atoms with Crippen molar-refractivity contribution < 1.29 is 22.7 Å². The monoisotopic (exact) mass is 464 g/mol. The van der Waals surface area contributed by atoms with E-state index in [4.69, 9.17) is 4.74 Å². The summed E-state index contributed by atoms with van der Waals surface area (Å²) in [5.41, 5.74) is 0.516. The first-order valence-corrected chi connectivity index (χ1v) is 12.5. The summed E-state index contributed by atoms with van der Waals surface area (Å²) in [6, 6.07) is 4.97. The molecule has 0 N–H and O–H groups in total. The molecule has 0 spiro atoms. The van der Waals surface area contributed by atoms with Crippen LogP contribution < -0.4 is 0 Å². The van der Waals surface area contributed by atoms with Gasteiger partial charge < -0.3 is 9.64 Å². The normalized spacial score (nSPS) is 32.8. The van der Waals surface area contributed by atoms with E-state index in [1.54, 1.807) is 6.07 Å². The fourth-order valence-corrected chi connectivity index (χ4v) is 6.95. The van der Waals surface area contributed by atoms with Gasteiger partial charge in [-0.1, -0.05) is 19.9 Å². The fourth-order valence-electron chi connectivity index (χ4n) is 6.95. The number of alkyl halides is 3. The third-order valence-electron chi connectivity index (χ3n) is 8.97. The Morgan fingerprint density at radius 3 is 2.73 bits per heavy atom. The predicted molar refractivity (Wildman–Crippen MR) is 120 cm³/mol. The number of hydrogen-bond acceptors (Lipinski definition) is 3. The second-order valence-electron chi connectivity index (χ2n) is 10.9. The Morgan fingerprint density at radius 1 is 1.15 bits per heavy atom. The van der Waals surface area contributed by atoms with Crippen molar-refractivity contribution in [1.29, 1.82) is 0 Å². The zero-order valence-corrected chi connectivity index (χ0v) is 19.7. The molecule has 2 saturated heterocycles. The second kappa shape index (κ2) is 8.56. The van der Waals surface area contributed by atoms with Crippen molar-refractivity contribution >= 4 is 5.91 Å².